The van der Waals surface area contributed by atoms with Crippen molar-refractivity contribution in [3.8, 4) is 5.88 Å². The van der Waals surface area contributed by atoms with E-state index in [4.69, 9.17) is 9.47 Å². The van der Waals surface area contributed by atoms with E-state index in [0.29, 0.717) is 24.8 Å². The molecule has 2 heterocycles. The number of ether oxygens (including phenoxy) is 2. The fourth-order valence-electron chi connectivity index (χ4n) is 2.70. The molecule has 0 saturated carbocycles. The molecule has 25 heavy (non-hydrogen) atoms. The second kappa shape index (κ2) is 6.74. The third-order valence-corrected chi connectivity index (χ3v) is 3.85. The molecule has 1 fully saturated rings. The number of aromatic nitrogens is 2. The first-order valence-electron chi connectivity index (χ1n) is 8.45. The van der Waals surface area contributed by atoms with Crippen LogP contribution in [0.2, 0.25) is 0 Å². The molecule has 2 aromatic rings. The largest absolute Gasteiger partial charge is 0.470 e. The lowest BCUT2D eigenvalue weighted by Crippen LogP contribution is -2.36. The first-order chi connectivity index (χ1) is 11.9. The highest BCUT2D eigenvalue weighted by Crippen LogP contribution is 2.26. The predicted molar refractivity (Wildman–Crippen MR) is 95.9 cm³/mol. The van der Waals surface area contributed by atoms with Crippen molar-refractivity contribution in [1.82, 2.24) is 14.9 Å². The van der Waals surface area contributed by atoms with Crippen molar-refractivity contribution in [1.29, 1.82) is 0 Å². The average Bonchev–Trinajstić information content (AvgIpc) is 3.01. The van der Waals surface area contributed by atoms with Crippen molar-refractivity contribution in [2.45, 2.75) is 38.9 Å². The minimum absolute atomic E-state index is 0.130. The van der Waals surface area contributed by atoms with Gasteiger partial charge < -0.3 is 19.7 Å². The standard InChI is InChI=1S/C18H24N4O3/c1-18(2,3)25-17(23)22-10-9-12(11-22)24-16-15(19-4)20-13-7-5-6-8-14(13)21-16/h5-8,12H,9-11H2,1-4H3,(H,19,20). The van der Waals surface area contributed by atoms with E-state index in [2.05, 4.69) is 15.3 Å². The fourth-order valence-corrected chi connectivity index (χ4v) is 2.70. The first kappa shape index (κ1) is 17.3. The first-order valence-corrected chi connectivity index (χ1v) is 8.45. The van der Waals surface area contributed by atoms with E-state index in [-0.39, 0.29) is 12.2 Å². The molecule has 1 amide bonds. The van der Waals surface area contributed by atoms with Crippen LogP contribution >= 0.6 is 0 Å². The number of hydrogen-bond acceptors (Lipinski definition) is 6. The summed E-state index contributed by atoms with van der Waals surface area (Å²) in [4.78, 5) is 22.9. The minimum atomic E-state index is -0.501. The third-order valence-electron chi connectivity index (χ3n) is 3.85. The molecule has 0 radical (unpaired) electrons. The summed E-state index contributed by atoms with van der Waals surface area (Å²) in [6, 6.07) is 7.65. The van der Waals surface area contributed by atoms with E-state index in [1.165, 1.54) is 0 Å². The summed E-state index contributed by atoms with van der Waals surface area (Å²) >= 11 is 0. The maximum Gasteiger partial charge on any atom is 0.410 e. The average molecular weight is 344 g/mol. The normalized spacial score (nSPS) is 17.6. The van der Waals surface area contributed by atoms with E-state index < -0.39 is 5.60 Å². The fraction of sp³-hybridized carbons (Fsp3) is 0.500. The summed E-state index contributed by atoms with van der Waals surface area (Å²) in [6.45, 7) is 6.67. The molecule has 1 atom stereocenters. The highest BCUT2D eigenvalue weighted by molar-refractivity contribution is 5.77. The Labute approximate surface area is 147 Å². The molecule has 1 saturated heterocycles. The number of benzene rings is 1. The molecule has 1 aromatic carbocycles. The number of para-hydroxylation sites is 2. The van der Waals surface area contributed by atoms with Crippen LogP contribution in [0.4, 0.5) is 10.6 Å². The van der Waals surface area contributed by atoms with Gasteiger partial charge in [-0.3, -0.25) is 0 Å². The molecule has 1 aliphatic heterocycles. The highest BCUT2D eigenvalue weighted by atomic mass is 16.6. The Kier molecular flexibility index (Phi) is 4.65. The van der Waals surface area contributed by atoms with Gasteiger partial charge in [0.1, 0.15) is 11.7 Å². The summed E-state index contributed by atoms with van der Waals surface area (Å²) in [5.74, 6) is 1.05. The van der Waals surface area contributed by atoms with Crippen LogP contribution in [0.3, 0.4) is 0 Å². The Morgan fingerprint density at radius 2 is 1.92 bits per heavy atom. The number of hydrogen-bond donors (Lipinski definition) is 1. The van der Waals surface area contributed by atoms with Gasteiger partial charge >= 0.3 is 6.09 Å². The molecular weight excluding hydrogens is 320 g/mol. The molecular formula is C18H24N4O3. The topological polar surface area (TPSA) is 76.6 Å². The number of nitrogens with one attached hydrogen (secondary N) is 1. The van der Waals surface area contributed by atoms with E-state index in [1.54, 1.807) is 11.9 Å². The Hall–Kier alpha value is -2.57. The Bertz CT molecular complexity index is 772. The predicted octanol–water partition coefficient (Wildman–Crippen LogP) is 3.06. The molecule has 7 heteroatoms. The molecule has 0 bridgehead atoms. The summed E-state index contributed by atoms with van der Waals surface area (Å²) in [5.41, 5.74) is 1.08. The number of likely N-dealkylation sites (tertiary alicyclic amines) is 1. The van der Waals surface area contributed by atoms with Crippen molar-refractivity contribution in [2.24, 2.45) is 0 Å². The number of anilines is 1. The maximum absolute atomic E-state index is 12.2. The highest BCUT2D eigenvalue weighted by Gasteiger charge is 2.31. The zero-order valence-electron chi connectivity index (χ0n) is 15.1. The molecule has 3 rings (SSSR count). The molecule has 0 spiro atoms. The van der Waals surface area contributed by atoms with Gasteiger partial charge in [0.2, 0.25) is 0 Å². The lowest BCUT2D eigenvalue weighted by atomic mass is 10.2. The molecule has 1 N–H and O–H groups in total. The maximum atomic E-state index is 12.2. The number of amides is 1. The van der Waals surface area contributed by atoms with Gasteiger partial charge in [-0.05, 0) is 32.9 Å². The van der Waals surface area contributed by atoms with Gasteiger partial charge in [-0.1, -0.05) is 12.1 Å². The van der Waals surface area contributed by atoms with E-state index in [9.17, 15) is 4.79 Å². The van der Waals surface area contributed by atoms with E-state index in [0.717, 1.165) is 17.5 Å². The molecule has 134 valence electrons. The Balaban J connectivity index is 1.71. The molecule has 1 unspecified atom stereocenters. The summed E-state index contributed by atoms with van der Waals surface area (Å²) < 4.78 is 11.4. The summed E-state index contributed by atoms with van der Waals surface area (Å²) in [6.07, 6.45) is 0.295. The number of nitrogens with zero attached hydrogens (tertiary/aromatic N) is 3. The van der Waals surface area contributed by atoms with Crippen LogP contribution in [0.1, 0.15) is 27.2 Å². The van der Waals surface area contributed by atoms with Gasteiger partial charge in [-0.15, -0.1) is 0 Å². The molecule has 1 aromatic heterocycles. The SMILES string of the molecule is CNc1nc2ccccc2nc1OC1CCN(C(=O)OC(C)(C)C)C1. The van der Waals surface area contributed by atoms with Crippen molar-refractivity contribution in [2.75, 3.05) is 25.5 Å². The van der Waals surface area contributed by atoms with Gasteiger partial charge in [0.05, 0.1) is 17.6 Å². The van der Waals surface area contributed by atoms with E-state index >= 15 is 0 Å². The zero-order valence-corrected chi connectivity index (χ0v) is 15.1. The minimum Gasteiger partial charge on any atom is -0.470 e. The van der Waals surface area contributed by atoms with Crippen LogP contribution in [0, 0.1) is 0 Å². The van der Waals surface area contributed by atoms with Crippen LogP contribution in [-0.2, 0) is 4.74 Å². The Morgan fingerprint density at radius 3 is 2.56 bits per heavy atom. The molecule has 1 aliphatic rings. The van der Waals surface area contributed by atoms with Crippen LogP contribution in [0.5, 0.6) is 5.88 Å². The van der Waals surface area contributed by atoms with Gasteiger partial charge in [-0.2, -0.15) is 0 Å². The lowest BCUT2D eigenvalue weighted by Gasteiger charge is -2.24. The van der Waals surface area contributed by atoms with Crippen LogP contribution in [0.15, 0.2) is 24.3 Å². The summed E-state index contributed by atoms with van der Waals surface area (Å²) in [7, 11) is 1.79. The second-order valence-corrected chi connectivity index (χ2v) is 7.07. The zero-order chi connectivity index (χ0) is 18.0. The van der Waals surface area contributed by atoms with Gasteiger partial charge in [0, 0.05) is 20.0 Å². The van der Waals surface area contributed by atoms with Crippen molar-refractivity contribution >= 4 is 22.9 Å². The van der Waals surface area contributed by atoms with E-state index in [1.807, 2.05) is 45.0 Å². The quantitative estimate of drug-likeness (QED) is 0.922. The van der Waals surface area contributed by atoms with Gasteiger partial charge in [-0.25, -0.2) is 14.8 Å². The van der Waals surface area contributed by atoms with Crippen molar-refractivity contribution < 1.29 is 14.3 Å². The third kappa shape index (κ3) is 4.10. The smallest absolute Gasteiger partial charge is 0.410 e. The van der Waals surface area contributed by atoms with Crippen LogP contribution < -0.4 is 10.1 Å². The molecule has 0 aliphatic carbocycles. The van der Waals surface area contributed by atoms with Gasteiger partial charge in [0.25, 0.3) is 5.88 Å². The Morgan fingerprint density at radius 1 is 1.24 bits per heavy atom. The molecule has 7 nitrogen and oxygen atoms in total. The lowest BCUT2D eigenvalue weighted by molar-refractivity contribution is 0.0275. The number of fused-ring (bicyclic) bond motifs is 1. The monoisotopic (exact) mass is 344 g/mol. The van der Waals surface area contributed by atoms with Crippen molar-refractivity contribution in [3.63, 3.8) is 0 Å². The number of carbonyl (C=O) groups is 1. The van der Waals surface area contributed by atoms with Crippen LogP contribution in [-0.4, -0.2) is 52.8 Å². The van der Waals surface area contributed by atoms with Crippen LogP contribution in [0.25, 0.3) is 11.0 Å². The number of rotatable bonds is 3. The van der Waals surface area contributed by atoms with Crippen molar-refractivity contribution in [3.05, 3.63) is 24.3 Å². The summed E-state index contributed by atoms with van der Waals surface area (Å²) in [5, 5.41) is 3.02. The number of carbonyl (C=O) groups excluding carboxylic acids is 1. The second-order valence-electron chi connectivity index (χ2n) is 7.07. The van der Waals surface area contributed by atoms with Gasteiger partial charge in [0.15, 0.2) is 5.82 Å².